The van der Waals surface area contributed by atoms with E-state index in [0.717, 1.165) is 42.8 Å². The molecule has 158 valence electrons. The molecule has 1 aliphatic heterocycles. The second kappa shape index (κ2) is 8.09. The maximum Gasteiger partial charge on any atom is 0.335 e. The van der Waals surface area contributed by atoms with Crippen LogP contribution in [0.1, 0.15) is 55.4 Å². The van der Waals surface area contributed by atoms with Gasteiger partial charge in [0.2, 0.25) is 11.8 Å². The van der Waals surface area contributed by atoms with Gasteiger partial charge < -0.3 is 4.90 Å². The lowest BCUT2D eigenvalue weighted by Gasteiger charge is -2.28. The van der Waals surface area contributed by atoms with Crippen LogP contribution in [0.4, 0.5) is 0 Å². The van der Waals surface area contributed by atoms with Crippen molar-refractivity contribution in [2.45, 2.75) is 46.6 Å². The number of aromatic nitrogens is 2. The summed E-state index contributed by atoms with van der Waals surface area (Å²) in [6, 6.07) is 10.0. The Kier molecular flexibility index (Phi) is 5.50. The van der Waals surface area contributed by atoms with E-state index >= 15 is 0 Å². The van der Waals surface area contributed by atoms with Gasteiger partial charge in [-0.3, -0.25) is 14.2 Å². The topological polar surface area (TPSA) is 64.3 Å². The van der Waals surface area contributed by atoms with Crippen LogP contribution in [0.15, 0.2) is 35.1 Å². The van der Waals surface area contributed by atoms with Crippen LogP contribution in [0, 0.1) is 11.8 Å². The fourth-order valence-electron chi connectivity index (χ4n) is 4.93. The van der Waals surface area contributed by atoms with E-state index < -0.39 is 0 Å². The van der Waals surface area contributed by atoms with E-state index in [2.05, 4.69) is 6.92 Å². The Labute approximate surface area is 176 Å². The highest BCUT2D eigenvalue weighted by Gasteiger charge is 2.37. The first kappa shape index (κ1) is 20.4. The number of hydrogen-bond donors (Lipinski definition) is 0. The minimum absolute atomic E-state index is 0.0336. The van der Waals surface area contributed by atoms with E-state index in [4.69, 9.17) is 0 Å². The fraction of sp³-hybridized carbons (Fsp3) is 0.458. The molecule has 30 heavy (non-hydrogen) atoms. The highest BCUT2D eigenvalue weighted by Crippen LogP contribution is 2.38. The van der Waals surface area contributed by atoms with Crippen LogP contribution in [0.25, 0.3) is 11.6 Å². The van der Waals surface area contributed by atoms with E-state index in [0.29, 0.717) is 18.7 Å². The van der Waals surface area contributed by atoms with Crippen LogP contribution in [-0.2, 0) is 17.8 Å². The van der Waals surface area contributed by atoms with Gasteiger partial charge in [0.1, 0.15) is 0 Å². The van der Waals surface area contributed by atoms with Crippen molar-refractivity contribution in [3.63, 3.8) is 0 Å². The van der Waals surface area contributed by atoms with E-state index in [9.17, 15) is 14.4 Å². The van der Waals surface area contributed by atoms with Gasteiger partial charge in [-0.2, -0.15) is 0 Å². The highest BCUT2D eigenvalue weighted by atomic mass is 16.2. The number of rotatable bonds is 3. The van der Waals surface area contributed by atoms with Crippen molar-refractivity contribution in [2.75, 3.05) is 13.1 Å². The molecular formula is C24H29N3O3. The summed E-state index contributed by atoms with van der Waals surface area (Å²) in [6.07, 6.45) is 4.48. The molecule has 1 aromatic heterocycles. The van der Waals surface area contributed by atoms with Gasteiger partial charge in [-0.15, -0.1) is 0 Å². The minimum atomic E-state index is -0.319. The highest BCUT2D eigenvalue weighted by molar-refractivity contribution is 5.90. The number of allylic oxidation sites excluding steroid dienone is 1. The number of benzene rings is 1. The Morgan fingerprint density at radius 3 is 2.37 bits per heavy atom. The zero-order valence-corrected chi connectivity index (χ0v) is 17.9. The molecule has 1 amide bonds. The van der Waals surface area contributed by atoms with Gasteiger partial charge in [0, 0.05) is 33.0 Å². The number of carbonyl (C=O) groups is 2. The van der Waals surface area contributed by atoms with Crippen molar-refractivity contribution < 1.29 is 9.59 Å². The van der Waals surface area contributed by atoms with E-state index in [-0.39, 0.29) is 29.3 Å². The molecule has 2 aromatic rings. The van der Waals surface area contributed by atoms with Crippen LogP contribution in [0.5, 0.6) is 0 Å². The first-order valence-corrected chi connectivity index (χ1v) is 10.8. The average Bonchev–Trinajstić information content (AvgIpc) is 3.33. The summed E-state index contributed by atoms with van der Waals surface area (Å²) in [5.74, 6) is -0.524. The van der Waals surface area contributed by atoms with Crippen LogP contribution in [0.3, 0.4) is 0 Å². The second-order valence-electron chi connectivity index (χ2n) is 8.31. The average molecular weight is 408 g/mol. The van der Waals surface area contributed by atoms with E-state index in [1.807, 2.05) is 48.2 Å². The Hall–Kier alpha value is -2.89. The Bertz CT molecular complexity index is 1060. The monoisotopic (exact) mass is 407 g/mol. The van der Waals surface area contributed by atoms with Gasteiger partial charge in [-0.05, 0) is 42.9 Å². The third-order valence-corrected chi connectivity index (χ3v) is 6.55. The maximum absolute atomic E-state index is 13.5. The van der Waals surface area contributed by atoms with Gasteiger partial charge in [-0.25, -0.2) is 9.36 Å². The lowest BCUT2D eigenvalue weighted by molar-refractivity contribution is -0.135. The number of nitrogens with zero attached hydrogens (tertiary/aromatic N) is 3. The molecule has 1 aliphatic carbocycles. The lowest BCUT2D eigenvalue weighted by Crippen LogP contribution is -2.38. The predicted octanol–water partition coefficient (Wildman–Crippen LogP) is 3.30. The zero-order valence-electron chi connectivity index (χ0n) is 17.9. The summed E-state index contributed by atoms with van der Waals surface area (Å²) in [6.45, 7) is 7.46. The lowest BCUT2D eigenvalue weighted by atomic mass is 9.82. The molecule has 1 saturated heterocycles. The van der Waals surface area contributed by atoms with E-state index in [1.54, 1.807) is 4.57 Å². The molecule has 2 heterocycles. The minimum Gasteiger partial charge on any atom is -0.342 e. The SMILES string of the molecule is CCn1c2c(n(C(C)=O)c1=O)C[C@@H](C(=O)N1CCCC1)[C@@H](C)C(c1ccccc1)=C2. The number of amides is 1. The Balaban J connectivity index is 1.93. The molecule has 4 rings (SSSR count). The van der Waals surface area contributed by atoms with Crippen LogP contribution >= 0.6 is 0 Å². The summed E-state index contributed by atoms with van der Waals surface area (Å²) in [4.78, 5) is 40.8. The van der Waals surface area contributed by atoms with Gasteiger partial charge in [0.15, 0.2) is 0 Å². The number of carbonyl (C=O) groups excluding carboxylic acids is 2. The summed E-state index contributed by atoms with van der Waals surface area (Å²) >= 11 is 0. The molecule has 2 atom stereocenters. The predicted molar refractivity (Wildman–Crippen MR) is 117 cm³/mol. The van der Waals surface area contributed by atoms with Gasteiger partial charge >= 0.3 is 5.69 Å². The molecule has 1 aromatic carbocycles. The molecule has 0 saturated carbocycles. The molecule has 0 unspecified atom stereocenters. The van der Waals surface area contributed by atoms with E-state index in [1.165, 1.54) is 11.5 Å². The molecule has 6 heteroatoms. The summed E-state index contributed by atoms with van der Waals surface area (Å²) in [5, 5.41) is 0. The number of imidazole rings is 1. The quantitative estimate of drug-likeness (QED) is 0.784. The van der Waals surface area contributed by atoms with Crippen molar-refractivity contribution in [1.29, 1.82) is 0 Å². The molecule has 0 N–H and O–H groups in total. The molecule has 1 fully saturated rings. The number of likely N-dealkylation sites (tertiary alicyclic amines) is 1. The third-order valence-electron chi connectivity index (χ3n) is 6.55. The summed E-state index contributed by atoms with van der Waals surface area (Å²) in [7, 11) is 0. The third kappa shape index (κ3) is 3.34. The largest absolute Gasteiger partial charge is 0.342 e. The molecule has 0 radical (unpaired) electrons. The van der Waals surface area contributed by atoms with Gasteiger partial charge in [-0.1, -0.05) is 37.3 Å². The Morgan fingerprint density at radius 2 is 1.77 bits per heavy atom. The van der Waals surface area contributed by atoms with Crippen molar-refractivity contribution in [3.05, 3.63) is 57.8 Å². The smallest absolute Gasteiger partial charge is 0.335 e. The summed E-state index contributed by atoms with van der Waals surface area (Å²) in [5.41, 5.74) is 3.17. The molecule has 0 bridgehead atoms. The van der Waals surface area contributed by atoms with Crippen molar-refractivity contribution in [3.8, 4) is 0 Å². The fourth-order valence-corrected chi connectivity index (χ4v) is 4.93. The molecule has 6 nitrogen and oxygen atoms in total. The van der Waals surface area contributed by atoms with Crippen LogP contribution in [-0.4, -0.2) is 38.9 Å². The normalized spacial score (nSPS) is 21.2. The Morgan fingerprint density at radius 1 is 1.10 bits per heavy atom. The van der Waals surface area contributed by atoms with Crippen LogP contribution in [0.2, 0.25) is 0 Å². The summed E-state index contributed by atoms with van der Waals surface area (Å²) < 4.78 is 2.91. The first-order valence-electron chi connectivity index (χ1n) is 10.8. The zero-order chi connectivity index (χ0) is 21.4. The molecular weight excluding hydrogens is 378 g/mol. The number of hydrogen-bond acceptors (Lipinski definition) is 3. The molecule has 0 spiro atoms. The van der Waals surface area contributed by atoms with Crippen molar-refractivity contribution in [1.82, 2.24) is 14.0 Å². The molecule has 2 aliphatic rings. The van der Waals surface area contributed by atoms with Gasteiger partial charge in [0.25, 0.3) is 0 Å². The second-order valence-corrected chi connectivity index (χ2v) is 8.31. The maximum atomic E-state index is 13.5. The van der Waals surface area contributed by atoms with Crippen molar-refractivity contribution >= 4 is 23.5 Å². The van der Waals surface area contributed by atoms with Gasteiger partial charge in [0.05, 0.1) is 17.3 Å². The standard InChI is InChI=1S/C24H29N3O3/c1-4-26-21-14-19(18-10-6-5-7-11-18)16(2)20(23(29)25-12-8-9-13-25)15-22(21)27(17(3)28)24(26)30/h5-7,10-11,14,16,20H,4,8-9,12-13,15H2,1-3H3/t16-,20+/m0/s1. The first-order chi connectivity index (χ1) is 14.4. The van der Waals surface area contributed by atoms with Crippen molar-refractivity contribution in [2.24, 2.45) is 11.8 Å². The van der Waals surface area contributed by atoms with Crippen LogP contribution < -0.4 is 5.69 Å². The number of fused-ring (bicyclic) bond motifs is 1.